The van der Waals surface area contributed by atoms with Crippen LogP contribution < -0.4 is 4.90 Å². The van der Waals surface area contributed by atoms with Crippen LogP contribution in [0.15, 0.2) is 16.6 Å². The number of carbonyl (C=O) groups excluding carboxylic acids is 2. The van der Waals surface area contributed by atoms with Crippen LogP contribution in [-0.4, -0.2) is 18.2 Å². The number of rotatable bonds is 4. The van der Waals surface area contributed by atoms with E-state index in [9.17, 15) is 14.0 Å². The molecule has 0 bridgehead atoms. The van der Waals surface area contributed by atoms with E-state index in [1.807, 2.05) is 0 Å². The maximum absolute atomic E-state index is 13.5. The second-order valence-corrected chi connectivity index (χ2v) is 5.13. The summed E-state index contributed by atoms with van der Waals surface area (Å²) in [7, 11) is 0. The van der Waals surface area contributed by atoms with Crippen molar-refractivity contribution in [3.05, 3.63) is 28.0 Å². The zero-order valence-electron chi connectivity index (χ0n) is 10.0. The molecular weight excluding hydrogens is 301 g/mol. The maximum atomic E-state index is 13.5. The Labute approximate surface area is 113 Å². The monoisotopic (exact) mass is 313 g/mol. The molecule has 2 rings (SSSR count). The molecule has 1 aromatic rings. The van der Waals surface area contributed by atoms with Gasteiger partial charge in [0, 0.05) is 6.54 Å². The minimum absolute atomic E-state index is 0.206. The summed E-state index contributed by atoms with van der Waals surface area (Å²) < 4.78 is 13.7. The molecule has 1 aromatic carbocycles. The molecule has 0 radical (unpaired) electrons. The van der Waals surface area contributed by atoms with E-state index in [0.717, 1.165) is 19.3 Å². The molecule has 0 N–H and O–H groups in total. The van der Waals surface area contributed by atoms with Crippen molar-refractivity contribution in [2.24, 2.45) is 0 Å². The highest BCUT2D eigenvalue weighted by molar-refractivity contribution is 9.10. The number of nitrogens with zero attached hydrogens (tertiary/aromatic N) is 1. The third-order valence-electron chi connectivity index (χ3n) is 3.00. The molecule has 0 atom stereocenters. The van der Waals surface area contributed by atoms with Crippen molar-refractivity contribution in [1.82, 2.24) is 0 Å². The topological polar surface area (TPSA) is 37.4 Å². The van der Waals surface area contributed by atoms with Gasteiger partial charge in [0.05, 0.1) is 15.7 Å². The SMILES string of the molecule is CCCCCN1C(=O)C(=O)c2cc(Br)c(F)cc21. The van der Waals surface area contributed by atoms with Gasteiger partial charge in [-0.25, -0.2) is 4.39 Å². The minimum atomic E-state index is -0.557. The molecule has 0 fully saturated rings. The molecule has 1 amide bonds. The van der Waals surface area contributed by atoms with Crippen LogP contribution in [0.1, 0.15) is 36.5 Å². The number of carbonyl (C=O) groups is 2. The normalized spacial score (nSPS) is 14.3. The number of unbranched alkanes of at least 4 members (excludes halogenated alkanes) is 2. The van der Waals surface area contributed by atoms with Gasteiger partial charge in [0.2, 0.25) is 0 Å². The lowest BCUT2D eigenvalue weighted by Gasteiger charge is -2.16. The van der Waals surface area contributed by atoms with Gasteiger partial charge in [-0.3, -0.25) is 9.59 Å². The molecule has 0 aromatic heterocycles. The molecule has 0 saturated heterocycles. The lowest BCUT2D eigenvalue weighted by Crippen LogP contribution is -2.30. The molecule has 96 valence electrons. The van der Waals surface area contributed by atoms with E-state index in [-0.39, 0.29) is 10.0 Å². The Bertz CT molecular complexity index is 516. The number of hydrogen-bond donors (Lipinski definition) is 0. The Hall–Kier alpha value is -1.23. The summed E-state index contributed by atoms with van der Waals surface area (Å²) in [6.07, 6.45) is 2.82. The average molecular weight is 314 g/mol. The van der Waals surface area contributed by atoms with Gasteiger partial charge in [0.15, 0.2) is 0 Å². The average Bonchev–Trinajstić information content (AvgIpc) is 2.56. The smallest absolute Gasteiger partial charge is 0.299 e. The largest absolute Gasteiger partial charge is 0.305 e. The first-order valence-electron chi connectivity index (χ1n) is 5.91. The molecule has 0 saturated carbocycles. The maximum Gasteiger partial charge on any atom is 0.299 e. The minimum Gasteiger partial charge on any atom is -0.305 e. The third kappa shape index (κ3) is 2.19. The fraction of sp³-hybridized carbons (Fsp3) is 0.385. The van der Waals surface area contributed by atoms with E-state index in [2.05, 4.69) is 22.9 Å². The highest BCUT2D eigenvalue weighted by Crippen LogP contribution is 2.33. The third-order valence-corrected chi connectivity index (χ3v) is 3.61. The predicted octanol–water partition coefficient (Wildman–Crippen LogP) is 3.31. The fourth-order valence-electron chi connectivity index (χ4n) is 2.03. The van der Waals surface area contributed by atoms with Gasteiger partial charge < -0.3 is 4.90 Å². The Morgan fingerprint density at radius 1 is 1.28 bits per heavy atom. The number of amides is 1. The standard InChI is InChI=1S/C13H13BrFNO2/c1-2-3-4-5-16-11-7-10(15)9(14)6-8(11)12(17)13(16)18/h6-7H,2-5H2,1H3. The highest BCUT2D eigenvalue weighted by atomic mass is 79.9. The first-order chi connectivity index (χ1) is 8.56. The van der Waals surface area contributed by atoms with Gasteiger partial charge in [0.25, 0.3) is 11.7 Å². The number of fused-ring (bicyclic) bond motifs is 1. The van der Waals surface area contributed by atoms with E-state index in [0.29, 0.717) is 12.2 Å². The summed E-state index contributed by atoms with van der Waals surface area (Å²) in [5.74, 6) is -1.57. The van der Waals surface area contributed by atoms with E-state index in [1.165, 1.54) is 17.0 Å². The van der Waals surface area contributed by atoms with Crippen molar-refractivity contribution in [1.29, 1.82) is 0 Å². The van der Waals surface area contributed by atoms with Crippen molar-refractivity contribution in [2.75, 3.05) is 11.4 Å². The molecule has 0 aliphatic carbocycles. The van der Waals surface area contributed by atoms with Crippen molar-refractivity contribution in [3.8, 4) is 0 Å². The predicted molar refractivity (Wildman–Crippen MR) is 70.3 cm³/mol. The summed E-state index contributed by atoms with van der Waals surface area (Å²) in [6, 6.07) is 2.62. The van der Waals surface area contributed by atoms with Crippen LogP contribution in [0.4, 0.5) is 10.1 Å². The molecule has 1 aliphatic rings. The summed E-state index contributed by atoms with van der Waals surface area (Å²) in [5, 5.41) is 0. The quantitative estimate of drug-likeness (QED) is 0.631. The lowest BCUT2D eigenvalue weighted by molar-refractivity contribution is -0.114. The van der Waals surface area contributed by atoms with Gasteiger partial charge >= 0.3 is 0 Å². The highest BCUT2D eigenvalue weighted by Gasteiger charge is 2.36. The van der Waals surface area contributed by atoms with E-state index in [1.54, 1.807) is 0 Å². The fourth-order valence-corrected chi connectivity index (χ4v) is 2.37. The van der Waals surface area contributed by atoms with Crippen LogP contribution in [0.2, 0.25) is 0 Å². The van der Waals surface area contributed by atoms with Gasteiger partial charge in [-0.1, -0.05) is 19.8 Å². The molecular formula is C13H13BrFNO2. The van der Waals surface area contributed by atoms with Crippen LogP contribution in [0.3, 0.4) is 0 Å². The van der Waals surface area contributed by atoms with Crippen LogP contribution in [-0.2, 0) is 4.79 Å². The second kappa shape index (κ2) is 5.18. The van der Waals surface area contributed by atoms with Crippen molar-refractivity contribution in [3.63, 3.8) is 0 Å². The van der Waals surface area contributed by atoms with Gasteiger partial charge in [-0.2, -0.15) is 0 Å². The van der Waals surface area contributed by atoms with E-state index >= 15 is 0 Å². The van der Waals surface area contributed by atoms with E-state index in [4.69, 9.17) is 0 Å². The Kier molecular flexibility index (Phi) is 3.80. The molecule has 1 heterocycles. The molecule has 18 heavy (non-hydrogen) atoms. The summed E-state index contributed by atoms with van der Waals surface area (Å²) in [6.45, 7) is 2.52. The second-order valence-electron chi connectivity index (χ2n) is 4.28. The van der Waals surface area contributed by atoms with E-state index < -0.39 is 17.5 Å². The van der Waals surface area contributed by atoms with Gasteiger partial charge in [-0.15, -0.1) is 0 Å². The van der Waals surface area contributed by atoms with Crippen LogP contribution in [0.25, 0.3) is 0 Å². The first kappa shape index (κ1) is 13.2. The lowest BCUT2D eigenvalue weighted by atomic mass is 10.1. The molecule has 0 unspecified atom stereocenters. The number of hydrogen-bond acceptors (Lipinski definition) is 2. The Morgan fingerprint density at radius 2 is 2.00 bits per heavy atom. The van der Waals surface area contributed by atoms with Crippen LogP contribution in [0, 0.1) is 5.82 Å². The number of halogens is 2. The van der Waals surface area contributed by atoms with Crippen molar-refractivity contribution >= 4 is 33.3 Å². The number of Topliss-reactive ketones (excluding diaryl/α,β-unsaturated/α-hetero) is 1. The van der Waals surface area contributed by atoms with Crippen molar-refractivity contribution in [2.45, 2.75) is 26.2 Å². The Morgan fingerprint density at radius 3 is 2.67 bits per heavy atom. The van der Waals surface area contributed by atoms with Crippen LogP contribution in [0.5, 0.6) is 0 Å². The number of ketones is 1. The summed E-state index contributed by atoms with van der Waals surface area (Å²) in [4.78, 5) is 25.0. The van der Waals surface area contributed by atoms with Gasteiger partial charge in [0.1, 0.15) is 5.82 Å². The molecule has 0 spiro atoms. The van der Waals surface area contributed by atoms with Gasteiger partial charge in [-0.05, 0) is 34.5 Å². The summed E-state index contributed by atoms with van der Waals surface area (Å²) in [5.41, 5.74) is 0.673. The first-order valence-corrected chi connectivity index (χ1v) is 6.70. The number of anilines is 1. The van der Waals surface area contributed by atoms with Crippen molar-refractivity contribution < 1.29 is 14.0 Å². The molecule has 5 heteroatoms. The number of benzene rings is 1. The van der Waals surface area contributed by atoms with Crippen LogP contribution >= 0.6 is 15.9 Å². The zero-order valence-corrected chi connectivity index (χ0v) is 11.6. The summed E-state index contributed by atoms with van der Waals surface area (Å²) >= 11 is 3.02. The molecule has 1 aliphatic heterocycles. The Balaban J connectivity index is 2.33. The molecule has 3 nitrogen and oxygen atoms in total. The zero-order chi connectivity index (χ0) is 13.3.